The van der Waals surface area contributed by atoms with Crippen molar-refractivity contribution in [2.45, 2.75) is 37.6 Å². The number of hydrogen-bond acceptors (Lipinski definition) is 5. The van der Waals surface area contributed by atoms with Crippen LogP contribution in [0.2, 0.25) is 0 Å². The lowest BCUT2D eigenvalue weighted by Crippen LogP contribution is -2.49. The Hall–Kier alpha value is -1.97. The third-order valence-corrected chi connectivity index (χ3v) is 7.49. The van der Waals surface area contributed by atoms with E-state index in [0.29, 0.717) is 24.6 Å². The lowest BCUT2D eigenvalue weighted by molar-refractivity contribution is -0.122. The first-order valence-electron chi connectivity index (χ1n) is 10.2. The fraction of sp³-hybridized carbons (Fsp3) is 0.600. The molecule has 2 atom stereocenters. The highest BCUT2D eigenvalue weighted by atomic mass is 32.2. The van der Waals surface area contributed by atoms with Crippen LogP contribution in [0.3, 0.4) is 0 Å². The highest BCUT2D eigenvalue weighted by Gasteiger charge is 2.29. The summed E-state index contributed by atoms with van der Waals surface area (Å²) in [5.74, 6) is 0.152. The molecule has 8 nitrogen and oxygen atoms in total. The molecule has 2 aliphatic rings. The molecular weight excluding hydrogens is 392 g/mol. The normalized spacial score (nSPS) is 22.7. The summed E-state index contributed by atoms with van der Waals surface area (Å²) in [6, 6.07) is 6.13. The molecule has 2 N–H and O–H groups in total. The minimum atomic E-state index is -3.75. The second kappa shape index (κ2) is 9.23. The highest BCUT2D eigenvalue weighted by molar-refractivity contribution is 7.89. The van der Waals surface area contributed by atoms with Gasteiger partial charge in [0.25, 0.3) is 5.91 Å². The zero-order valence-corrected chi connectivity index (χ0v) is 17.9. The van der Waals surface area contributed by atoms with Crippen LogP contribution in [0.15, 0.2) is 29.2 Å². The van der Waals surface area contributed by atoms with Crippen molar-refractivity contribution >= 4 is 21.8 Å². The van der Waals surface area contributed by atoms with E-state index in [9.17, 15) is 18.0 Å². The van der Waals surface area contributed by atoms with Gasteiger partial charge in [-0.05, 0) is 56.5 Å². The Bertz CT molecular complexity index is 841. The standard InChI is InChI=1S/C20H30N4O4S/c1-15-4-3-10-23(13-15)16(2)12-22-20(26)17-5-7-18(8-6-17)29(27,28)24-11-9-21-19(25)14-24/h5-8,15-16H,3-4,9-14H2,1-2H3,(H,21,25)(H,22,26). The number of benzene rings is 1. The fourth-order valence-corrected chi connectivity index (χ4v) is 5.24. The molecule has 2 unspecified atom stereocenters. The number of hydrogen-bond donors (Lipinski definition) is 2. The summed E-state index contributed by atoms with van der Waals surface area (Å²) in [5.41, 5.74) is 0.416. The predicted molar refractivity (Wildman–Crippen MR) is 110 cm³/mol. The molecule has 2 aliphatic heterocycles. The van der Waals surface area contributed by atoms with Gasteiger partial charge in [0, 0.05) is 37.8 Å². The van der Waals surface area contributed by atoms with E-state index in [4.69, 9.17) is 0 Å². The number of carbonyl (C=O) groups excluding carboxylic acids is 2. The first kappa shape index (κ1) is 21.7. The number of piperazine rings is 1. The van der Waals surface area contributed by atoms with E-state index < -0.39 is 10.0 Å². The van der Waals surface area contributed by atoms with Crippen LogP contribution in [-0.4, -0.2) is 74.7 Å². The Labute approximate surface area is 172 Å². The third-order valence-electron chi connectivity index (χ3n) is 5.63. The first-order chi connectivity index (χ1) is 13.8. The van der Waals surface area contributed by atoms with Crippen molar-refractivity contribution in [1.29, 1.82) is 0 Å². The van der Waals surface area contributed by atoms with Crippen molar-refractivity contribution in [2.75, 3.05) is 39.3 Å². The Balaban J connectivity index is 1.57. The number of carbonyl (C=O) groups is 2. The first-order valence-corrected chi connectivity index (χ1v) is 11.6. The van der Waals surface area contributed by atoms with Crippen LogP contribution < -0.4 is 10.6 Å². The van der Waals surface area contributed by atoms with Gasteiger partial charge in [-0.25, -0.2) is 8.42 Å². The second-order valence-electron chi connectivity index (χ2n) is 8.01. The van der Waals surface area contributed by atoms with Gasteiger partial charge in [0.15, 0.2) is 0 Å². The van der Waals surface area contributed by atoms with E-state index in [1.54, 1.807) is 0 Å². The zero-order chi connectivity index (χ0) is 21.0. The van der Waals surface area contributed by atoms with Crippen LogP contribution in [0.4, 0.5) is 0 Å². The van der Waals surface area contributed by atoms with Gasteiger partial charge in [-0.15, -0.1) is 0 Å². The molecule has 2 fully saturated rings. The van der Waals surface area contributed by atoms with Gasteiger partial charge in [0.2, 0.25) is 15.9 Å². The molecule has 0 spiro atoms. The van der Waals surface area contributed by atoms with Crippen molar-refractivity contribution in [2.24, 2.45) is 5.92 Å². The topological polar surface area (TPSA) is 98.8 Å². The van der Waals surface area contributed by atoms with Crippen LogP contribution in [-0.2, 0) is 14.8 Å². The number of rotatable bonds is 6. The van der Waals surface area contributed by atoms with E-state index in [1.807, 2.05) is 0 Å². The van der Waals surface area contributed by atoms with Crippen LogP contribution in [0.5, 0.6) is 0 Å². The third kappa shape index (κ3) is 5.34. The van der Waals surface area contributed by atoms with E-state index in [-0.39, 0.29) is 35.8 Å². The average molecular weight is 423 g/mol. The minimum Gasteiger partial charge on any atom is -0.354 e. The van der Waals surface area contributed by atoms with Crippen molar-refractivity contribution in [1.82, 2.24) is 19.8 Å². The molecule has 0 saturated carbocycles. The SMILES string of the molecule is CC1CCCN(C(C)CNC(=O)c2ccc(S(=O)(=O)N3CCNC(=O)C3)cc2)C1. The molecule has 2 amide bonds. The van der Waals surface area contributed by atoms with Crippen molar-refractivity contribution < 1.29 is 18.0 Å². The average Bonchev–Trinajstić information content (AvgIpc) is 2.72. The Kier molecular flexibility index (Phi) is 6.92. The summed E-state index contributed by atoms with van der Waals surface area (Å²) in [6.45, 7) is 7.38. The Morgan fingerprint density at radius 2 is 2.00 bits per heavy atom. The van der Waals surface area contributed by atoms with Gasteiger partial charge in [-0.1, -0.05) is 6.92 Å². The van der Waals surface area contributed by atoms with E-state index in [1.165, 1.54) is 37.1 Å². The van der Waals surface area contributed by atoms with E-state index >= 15 is 0 Å². The lowest BCUT2D eigenvalue weighted by atomic mass is 9.99. The van der Waals surface area contributed by atoms with Gasteiger partial charge < -0.3 is 10.6 Å². The maximum Gasteiger partial charge on any atom is 0.251 e. The number of nitrogens with one attached hydrogen (secondary N) is 2. The monoisotopic (exact) mass is 422 g/mol. The Morgan fingerprint density at radius 1 is 1.28 bits per heavy atom. The summed E-state index contributed by atoms with van der Waals surface area (Å²) < 4.78 is 26.5. The zero-order valence-electron chi connectivity index (χ0n) is 17.1. The number of piperidine rings is 1. The summed E-state index contributed by atoms with van der Waals surface area (Å²) in [7, 11) is -3.75. The molecule has 3 rings (SSSR count). The molecule has 2 heterocycles. The summed E-state index contributed by atoms with van der Waals surface area (Å²) in [5, 5.41) is 5.55. The van der Waals surface area contributed by atoms with Gasteiger partial charge in [-0.2, -0.15) is 4.31 Å². The van der Waals surface area contributed by atoms with E-state index in [0.717, 1.165) is 17.4 Å². The molecular formula is C20H30N4O4S. The van der Waals surface area contributed by atoms with Crippen LogP contribution in [0.25, 0.3) is 0 Å². The molecule has 160 valence electrons. The fourth-order valence-electron chi connectivity index (χ4n) is 3.85. The smallest absolute Gasteiger partial charge is 0.251 e. The second-order valence-corrected chi connectivity index (χ2v) is 9.95. The lowest BCUT2D eigenvalue weighted by Gasteiger charge is -2.35. The van der Waals surface area contributed by atoms with Crippen LogP contribution in [0.1, 0.15) is 37.0 Å². The molecule has 29 heavy (non-hydrogen) atoms. The van der Waals surface area contributed by atoms with Crippen LogP contribution >= 0.6 is 0 Å². The predicted octanol–water partition coefficient (Wildman–Crippen LogP) is 0.657. The van der Waals surface area contributed by atoms with Crippen molar-refractivity contribution in [3.05, 3.63) is 29.8 Å². The van der Waals surface area contributed by atoms with Crippen molar-refractivity contribution in [3.8, 4) is 0 Å². The van der Waals surface area contributed by atoms with Gasteiger partial charge in [-0.3, -0.25) is 14.5 Å². The maximum atomic E-state index is 12.7. The molecule has 0 radical (unpaired) electrons. The number of amides is 2. The minimum absolute atomic E-state index is 0.0828. The number of sulfonamides is 1. The summed E-state index contributed by atoms with van der Waals surface area (Å²) >= 11 is 0. The maximum absolute atomic E-state index is 12.7. The highest BCUT2D eigenvalue weighted by Crippen LogP contribution is 2.18. The molecule has 2 saturated heterocycles. The molecule has 1 aromatic carbocycles. The molecule has 0 aliphatic carbocycles. The molecule has 9 heteroatoms. The number of nitrogens with zero attached hydrogens (tertiary/aromatic N) is 2. The molecule has 0 aromatic heterocycles. The van der Waals surface area contributed by atoms with Crippen LogP contribution in [0, 0.1) is 5.92 Å². The van der Waals surface area contributed by atoms with Crippen molar-refractivity contribution in [3.63, 3.8) is 0 Å². The van der Waals surface area contributed by atoms with Gasteiger partial charge >= 0.3 is 0 Å². The van der Waals surface area contributed by atoms with Gasteiger partial charge in [0.1, 0.15) is 0 Å². The number of likely N-dealkylation sites (tertiary alicyclic amines) is 1. The molecule has 1 aromatic rings. The van der Waals surface area contributed by atoms with Gasteiger partial charge in [0.05, 0.1) is 11.4 Å². The quantitative estimate of drug-likeness (QED) is 0.702. The largest absolute Gasteiger partial charge is 0.354 e. The summed E-state index contributed by atoms with van der Waals surface area (Å²) in [4.78, 5) is 26.4. The summed E-state index contributed by atoms with van der Waals surface area (Å²) in [6.07, 6.45) is 2.45. The molecule has 0 bridgehead atoms. The van der Waals surface area contributed by atoms with E-state index in [2.05, 4.69) is 29.4 Å². The Morgan fingerprint density at radius 3 is 2.66 bits per heavy atom.